The van der Waals surface area contributed by atoms with Crippen molar-refractivity contribution in [3.05, 3.63) is 17.3 Å². The first-order chi connectivity index (χ1) is 7.29. The SMILES string of the molecule is CCCNc1cc2c(nn1)CCC(C)C2. The zero-order valence-corrected chi connectivity index (χ0v) is 9.58. The van der Waals surface area contributed by atoms with Crippen LogP contribution in [0.25, 0.3) is 0 Å². The van der Waals surface area contributed by atoms with Gasteiger partial charge in [0.25, 0.3) is 0 Å². The Morgan fingerprint density at radius 1 is 1.47 bits per heavy atom. The van der Waals surface area contributed by atoms with Crippen molar-refractivity contribution in [2.45, 2.75) is 39.5 Å². The third kappa shape index (κ3) is 2.46. The fourth-order valence-corrected chi connectivity index (χ4v) is 2.04. The molecule has 1 heterocycles. The Morgan fingerprint density at radius 3 is 3.13 bits per heavy atom. The number of fused-ring (bicyclic) bond motifs is 1. The summed E-state index contributed by atoms with van der Waals surface area (Å²) in [5, 5.41) is 11.8. The molecule has 1 aromatic heterocycles. The van der Waals surface area contributed by atoms with Crippen LogP contribution < -0.4 is 5.32 Å². The van der Waals surface area contributed by atoms with Gasteiger partial charge in [0.15, 0.2) is 0 Å². The molecule has 0 aromatic carbocycles. The minimum Gasteiger partial charge on any atom is -0.369 e. The average Bonchev–Trinajstić information content (AvgIpc) is 2.25. The van der Waals surface area contributed by atoms with Gasteiger partial charge < -0.3 is 5.32 Å². The summed E-state index contributed by atoms with van der Waals surface area (Å²) in [5.41, 5.74) is 2.59. The van der Waals surface area contributed by atoms with Crippen molar-refractivity contribution in [2.24, 2.45) is 5.92 Å². The lowest BCUT2D eigenvalue weighted by Gasteiger charge is -2.20. The molecule has 0 fully saturated rings. The Balaban J connectivity index is 2.13. The summed E-state index contributed by atoms with van der Waals surface area (Å²) < 4.78 is 0. The van der Waals surface area contributed by atoms with E-state index in [9.17, 15) is 0 Å². The van der Waals surface area contributed by atoms with E-state index < -0.39 is 0 Å². The van der Waals surface area contributed by atoms with E-state index in [0.29, 0.717) is 0 Å². The predicted octanol–water partition coefficient (Wildman–Crippen LogP) is 2.42. The molecule has 15 heavy (non-hydrogen) atoms. The Hall–Kier alpha value is -1.12. The standard InChI is InChI=1S/C12H19N3/c1-3-6-13-12-8-10-7-9(2)4-5-11(10)14-15-12/h8-9H,3-7H2,1-2H3,(H,13,15). The number of aryl methyl sites for hydroxylation is 1. The second-order valence-corrected chi connectivity index (χ2v) is 4.48. The number of anilines is 1. The second kappa shape index (κ2) is 4.60. The molecule has 82 valence electrons. The van der Waals surface area contributed by atoms with Crippen LogP contribution in [0.3, 0.4) is 0 Å². The molecule has 0 radical (unpaired) electrons. The molecular formula is C12H19N3. The lowest BCUT2D eigenvalue weighted by Crippen LogP contribution is -2.15. The number of hydrogen-bond donors (Lipinski definition) is 1. The maximum absolute atomic E-state index is 4.29. The normalized spacial score (nSPS) is 19.7. The van der Waals surface area contributed by atoms with Crippen molar-refractivity contribution in [2.75, 3.05) is 11.9 Å². The molecule has 1 aliphatic carbocycles. The van der Waals surface area contributed by atoms with Gasteiger partial charge in [0.2, 0.25) is 0 Å². The maximum atomic E-state index is 4.29. The monoisotopic (exact) mass is 205 g/mol. The highest BCUT2D eigenvalue weighted by Crippen LogP contribution is 2.24. The molecule has 3 heteroatoms. The molecule has 1 N–H and O–H groups in total. The van der Waals surface area contributed by atoms with E-state index in [2.05, 4.69) is 35.4 Å². The summed E-state index contributed by atoms with van der Waals surface area (Å²) in [6, 6.07) is 2.17. The van der Waals surface area contributed by atoms with E-state index in [4.69, 9.17) is 0 Å². The lowest BCUT2D eigenvalue weighted by molar-refractivity contribution is 0.490. The largest absolute Gasteiger partial charge is 0.369 e. The van der Waals surface area contributed by atoms with Crippen LogP contribution in [0.4, 0.5) is 5.82 Å². The highest BCUT2D eigenvalue weighted by atomic mass is 15.2. The number of hydrogen-bond acceptors (Lipinski definition) is 3. The highest BCUT2D eigenvalue weighted by Gasteiger charge is 2.16. The minimum absolute atomic E-state index is 0.792. The zero-order valence-electron chi connectivity index (χ0n) is 9.58. The molecule has 0 spiro atoms. The number of aromatic nitrogens is 2. The molecule has 0 bridgehead atoms. The summed E-state index contributed by atoms with van der Waals surface area (Å²) in [6.45, 7) is 5.44. The van der Waals surface area contributed by atoms with Crippen molar-refractivity contribution in [1.29, 1.82) is 0 Å². The molecule has 1 aliphatic rings. The summed E-state index contributed by atoms with van der Waals surface area (Å²) >= 11 is 0. The highest BCUT2D eigenvalue weighted by molar-refractivity contribution is 5.39. The Bertz CT molecular complexity index is 336. The van der Waals surface area contributed by atoms with Crippen LogP contribution in [0.1, 0.15) is 37.9 Å². The van der Waals surface area contributed by atoms with Gasteiger partial charge in [-0.1, -0.05) is 13.8 Å². The fourth-order valence-electron chi connectivity index (χ4n) is 2.04. The maximum Gasteiger partial charge on any atom is 0.148 e. The van der Waals surface area contributed by atoms with Crippen LogP contribution in [0.15, 0.2) is 6.07 Å². The molecule has 0 saturated carbocycles. The summed E-state index contributed by atoms with van der Waals surface area (Å²) in [6.07, 6.45) is 4.63. The van der Waals surface area contributed by atoms with Crippen LogP contribution >= 0.6 is 0 Å². The Labute approximate surface area is 91.3 Å². The van der Waals surface area contributed by atoms with E-state index >= 15 is 0 Å². The quantitative estimate of drug-likeness (QED) is 0.823. The zero-order chi connectivity index (χ0) is 10.7. The van der Waals surface area contributed by atoms with Gasteiger partial charge in [0.1, 0.15) is 5.82 Å². The lowest BCUT2D eigenvalue weighted by atomic mass is 9.88. The number of nitrogens with zero attached hydrogens (tertiary/aromatic N) is 2. The van der Waals surface area contributed by atoms with Crippen LogP contribution in [0, 0.1) is 5.92 Å². The summed E-state index contributed by atoms with van der Waals surface area (Å²) in [4.78, 5) is 0. The van der Waals surface area contributed by atoms with E-state index in [1.54, 1.807) is 0 Å². The van der Waals surface area contributed by atoms with Gasteiger partial charge in [-0.2, -0.15) is 5.10 Å². The van der Waals surface area contributed by atoms with Gasteiger partial charge in [-0.3, -0.25) is 0 Å². The molecule has 0 amide bonds. The molecule has 1 aromatic rings. The number of nitrogens with one attached hydrogen (secondary N) is 1. The minimum atomic E-state index is 0.792. The van der Waals surface area contributed by atoms with Crippen LogP contribution in [0.2, 0.25) is 0 Å². The van der Waals surface area contributed by atoms with E-state index in [1.165, 1.54) is 17.7 Å². The van der Waals surface area contributed by atoms with Crippen molar-refractivity contribution in [3.8, 4) is 0 Å². The van der Waals surface area contributed by atoms with Gasteiger partial charge in [-0.25, -0.2) is 0 Å². The Morgan fingerprint density at radius 2 is 2.33 bits per heavy atom. The first-order valence-electron chi connectivity index (χ1n) is 5.89. The Kier molecular flexibility index (Phi) is 3.19. The number of rotatable bonds is 3. The summed E-state index contributed by atoms with van der Waals surface area (Å²) in [5.74, 6) is 1.73. The summed E-state index contributed by atoms with van der Waals surface area (Å²) in [7, 11) is 0. The van der Waals surface area contributed by atoms with Gasteiger partial charge in [-0.05, 0) is 43.2 Å². The third-order valence-electron chi connectivity index (χ3n) is 2.96. The first-order valence-corrected chi connectivity index (χ1v) is 5.89. The van der Waals surface area contributed by atoms with Crippen LogP contribution in [-0.2, 0) is 12.8 Å². The van der Waals surface area contributed by atoms with Crippen molar-refractivity contribution >= 4 is 5.82 Å². The molecule has 2 rings (SSSR count). The van der Waals surface area contributed by atoms with E-state index in [-0.39, 0.29) is 0 Å². The molecular weight excluding hydrogens is 186 g/mol. The molecule has 1 atom stereocenters. The van der Waals surface area contributed by atoms with Gasteiger partial charge in [0, 0.05) is 6.54 Å². The smallest absolute Gasteiger partial charge is 0.148 e. The predicted molar refractivity (Wildman–Crippen MR) is 62.0 cm³/mol. The molecule has 3 nitrogen and oxygen atoms in total. The molecule has 1 unspecified atom stereocenters. The van der Waals surface area contributed by atoms with Crippen molar-refractivity contribution in [3.63, 3.8) is 0 Å². The van der Waals surface area contributed by atoms with Gasteiger partial charge in [0.05, 0.1) is 5.69 Å². The van der Waals surface area contributed by atoms with Crippen LogP contribution in [-0.4, -0.2) is 16.7 Å². The second-order valence-electron chi connectivity index (χ2n) is 4.48. The molecule has 0 aliphatic heterocycles. The molecule has 0 saturated heterocycles. The average molecular weight is 205 g/mol. The van der Waals surface area contributed by atoms with E-state index in [0.717, 1.165) is 37.5 Å². The van der Waals surface area contributed by atoms with E-state index in [1.807, 2.05) is 0 Å². The van der Waals surface area contributed by atoms with Gasteiger partial charge in [-0.15, -0.1) is 5.10 Å². The topological polar surface area (TPSA) is 37.8 Å². The third-order valence-corrected chi connectivity index (χ3v) is 2.96. The first kappa shape index (κ1) is 10.4. The van der Waals surface area contributed by atoms with Crippen molar-refractivity contribution < 1.29 is 0 Å². The van der Waals surface area contributed by atoms with Crippen LogP contribution in [0.5, 0.6) is 0 Å². The van der Waals surface area contributed by atoms with Crippen molar-refractivity contribution in [1.82, 2.24) is 10.2 Å². The fraction of sp³-hybridized carbons (Fsp3) is 0.667. The van der Waals surface area contributed by atoms with Gasteiger partial charge >= 0.3 is 0 Å².